The third kappa shape index (κ3) is 7.22. The van der Waals surface area contributed by atoms with Crippen LogP contribution in [0.5, 0.6) is 0 Å². The molecule has 13 heteroatoms. The van der Waals surface area contributed by atoms with Gasteiger partial charge in [0.25, 0.3) is 0 Å². The summed E-state index contributed by atoms with van der Waals surface area (Å²) in [7, 11) is -4.10. The molecule has 5 rings (SSSR count). The van der Waals surface area contributed by atoms with E-state index in [1.165, 1.54) is 12.1 Å². The number of hydrogen-bond acceptors (Lipinski definition) is 6. The van der Waals surface area contributed by atoms with Crippen molar-refractivity contribution in [3.05, 3.63) is 107 Å². The fraction of sp³-hybridized carbons (Fsp3) is 0.152. The van der Waals surface area contributed by atoms with Gasteiger partial charge in [0.05, 0.1) is 21.5 Å². The van der Waals surface area contributed by atoms with E-state index >= 15 is 0 Å². The molecule has 0 unspecified atom stereocenters. The molecule has 1 aromatic heterocycles. The van der Waals surface area contributed by atoms with Gasteiger partial charge < -0.3 is 20.5 Å². The second-order valence-corrected chi connectivity index (χ2v) is 12.6. The number of nitrogens with zero attached hydrogens (tertiary/aromatic N) is 1. The molecule has 236 valence electrons. The summed E-state index contributed by atoms with van der Waals surface area (Å²) in [6.45, 7) is 5.23. The minimum absolute atomic E-state index is 0.0695. The van der Waals surface area contributed by atoms with Gasteiger partial charge in [-0.25, -0.2) is 23.0 Å². The van der Waals surface area contributed by atoms with Crippen LogP contribution in [-0.4, -0.2) is 52.6 Å². The van der Waals surface area contributed by atoms with Crippen molar-refractivity contribution in [2.45, 2.75) is 38.1 Å². The quantitative estimate of drug-likeness (QED) is 0.116. The van der Waals surface area contributed by atoms with E-state index in [4.69, 9.17) is 5.11 Å². The van der Waals surface area contributed by atoms with Crippen LogP contribution in [0.1, 0.15) is 32.6 Å². The van der Waals surface area contributed by atoms with Gasteiger partial charge in [0.2, 0.25) is 16.0 Å². The van der Waals surface area contributed by atoms with E-state index in [2.05, 4.69) is 25.3 Å². The summed E-state index contributed by atoms with van der Waals surface area (Å²) < 4.78 is 28.7. The number of carbonyl (C=O) groups is 3. The molecule has 6 N–H and O–H groups in total. The topological polar surface area (TPSA) is 191 Å². The summed E-state index contributed by atoms with van der Waals surface area (Å²) in [5.41, 5.74) is 5.71. The zero-order valence-corrected chi connectivity index (χ0v) is 25.9. The molecule has 0 saturated heterocycles. The van der Waals surface area contributed by atoms with Crippen molar-refractivity contribution in [1.29, 1.82) is 0 Å². The molecule has 0 aliphatic heterocycles. The number of carboxylic acids is 2. The number of amides is 2. The number of aromatic amines is 1. The lowest BCUT2D eigenvalue weighted by Crippen LogP contribution is -2.42. The number of imidazole rings is 1. The smallest absolute Gasteiger partial charge is 0.335 e. The number of nitrogens with one attached hydrogen (secondary N) is 4. The van der Waals surface area contributed by atoms with Crippen molar-refractivity contribution in [3.8, 4) is 11.1 Å². The largest absolute Gasteiger partial charge is 0.480 e. The third-order valence-electron chi connectivity index (χ3n) is 7.28. The van der Waals surface area contributed by atoms with Crippen molar-refractivity contribution in [3.63, 3.8) is 0 Å². The Balaban J connectivity index is 1.25. The number of urea groups is 1. The standard InChI is InChI=1S/C33H31N5O7S/c1-18-13-19(2)29(20(3)14-18)46(44,45)38-28(31(41)42)15-21-7-9-22(10-8-21)23-5-4-6-25(16-23)34-33(43)37-32-35-26-12-11-24(30(39)40)17-27(26)36-32/h4-14,16-17,28,38H,15H2,1-3H3,(H,39,40)(H,41,42)(H3,34,35,36,37,43)/t28-/m0/s1. The summed E-state index contributed by atoms with van der Waals surface area (Å²) in [6, 6.07) is 20.0. The van der Waals surface area contributed by atoms with E-state index in [9.17, 15) is 27.9 Å². The van der Waals surface area contributed by atoms with Gasteiger partial charge in [-0.05, 0) is 85.3 Å². The molecule has 0 fully saturated rings. The van der Waals surface area contributed by atoms with Crippen molar-refractivity contribution in [1.82, 2.24) is 14.7 Å². The number of aryl methyl sites for hydroxylation is 3. The fourth-order valence-corrected chi connectivity index (χ4v) is 6.98. The van der Waals surface area contributed by atoms with Crippen LogP contribution < -0.4 is 15.4 Å². The number of sulfonamides is 1. The van der Waals surface area contributed by atoms with Crippen molar-refractivity contribution >= 4 is 50.7 Å². The first-order valence-electron chi connectivity index (χ1n) is 14.1. The maximum atomic E-state index is 13.2. The number of aromatic carboxylic acids is 1. The van der Waals surface area contributed by atoms with E-state index in [0.29, 0.717) is 33.4 Å². The van der Waals surface area contributed by atoms with Crippen LogP contribution in [0.15, 0.2) is 83.8 Å². The van der Waals surface area contributed by atoms with Gasteiger partial charge in [-0.15, -0.1) is 0 Å². The lowest BCUT2D eigenvalue weighted by Gasteiger charge is -2.18. The Morgan fingerprint density at radius 3 is 2.20 bits per heavy atom. The summed E-state index contributed by atoms with van der Waals surface area (Å²) in [5.74, 6) is -2.22. The van der Waals surface area contributed by atoms with Crippen LogP contribution in [-0.2, 0) is 21.2 Å². The molecular formula is C33H31N5O7S. The predicted octanol–water partition coefficient (Wildman–Crippen LogP) is 5.47. The highest BCUT2D eigenvalue weighted by Gasteiger charge is 2.28. The molecule has 0 radical (unpaired) electrons. The first-order chi connectivity index (χ1) is 21.8. The van der Waals surface area contributed by atoms with Crippen LogP contribution >= 0.6 is 0 Å². The van der Waals surface area contributed by atoms with Gasteiger partial charge in [-0.2, -0.15) is 4.72 Å². The normalized spacial score (nSPS) is 12.1. The maximum Gasteiger partial charge on any atom is 0.335 e. The highest BCUT2D eigenvalue weighted by Crippen LogP contribution is 2.25. The van der Waals surface area contributed by atoms with Gasteiger partial charge in [0, 0.05) is 5.69 Å². The van der Waals surface area contributed by atoms with Gasteiger partial charge >= 0.3 is 18.0 Å². The van der Waals surface area contributed by atoms with Gasteiger partial charge in [0.1, 0.15) is 6.04 Å². The molecule has 5 aromatic rings. The molecule has 46 heavy (non-hydrogen) atoms. The van der Waals surface area contributed by atoms with Crippen molar-refractivity contribution in [2.75, 3.05) is 10.6 Å². The van der Waals surface area contributed by atoms with Crippen LogP contribution in [0.3, 0.4) is 0 Å². The Bertz CT molecular complexity index is 2070. The molecule has 12 nitrogen and oxygen atoms in total. The minimum Gasteiger partial charge on any atom is -0.480 e. The summed E-state index contributed by atoms with van der Waals surface area (Å²) in [6.07, 6.45) is -0.0695. The molecule has 1 atom stereocenters. The van der Waals surface area contributed by atoms with Gasteiger partial charge in [-0.3, -0.25) is 10.1 Å². The molecule has 0 aliphatic carbocycles. The van der Waals surface area contributed by atoms with Crippen LogP contribution in [0.25, 0.3) is 22.2 Å². The number of anilines is 2. The number of hydrogen-bond donors (Lipinski definition) is 6. The number of carboxylic acid groups (broad SMARTS) is 2. The third-order valence-corrected chi connectivity index (χ3v) is 9.05. The molecule has 0 bridgehead atoms. The Hall–Kier alpha value is -5.53. The Morgan fingerprint density at radius 2 is 1.54 bits per heavy atom. The lowest BCUT2D eigenvalue weighted by molar-refractivity contribution is -0.138. The number of aromatic nitrogens is 2. The van der Waals surface area contributed by atoms with Crippen molar-refractivity contribution < 1.29 is 33.0 Å². The average molecular weight is 642 g/mol. The number of H-pyrrole nitrogens is 1. The Morgan fingerprint density at radius 1 is 0.848 bits per heavy atom. The average Bonchev–Trinajstić information content (AvgIpc) is 3.37. The monoisotopic (exact) mass is 641 g/mol. The van der Waals surface area contributed by atoms with E-state index in [1.54, 1.807) is 74.5 Å². The minimum atomic E-state index is -4.10. The molecule has 2 amide bonds. The number of benzene rings is 4. The zero-order chi connectivity index (χ0) is 33.2. The van der Waals surface area contributed by atoms with Crippen LogP contribution in [0.2, 0.25) is 0 Å². The molecular weight excluding hydrogens is 610 g/mol. The van der Waals surface area contributed by atoms with E-state index in [-0.39, 0.29) is 22.8 Å². The second kappa shape index (κ2) is 12.8. The number of carbonyl (C=O) groups excluding carboxylic acids is 1. The summed E-state index contributed by atoms with van der Waals surface area (Å²) >= 11 is 0. The molecule has 0 aliphatic rings. The zero-order valence-electron chi connectivity index (χ0n) is 25.1. The number of rotatable bonds is 10. The van der Waals surface area contributed by atoms with Gasteiger partial charge in [0.15, 0.2) is 0 Å². The number of aliphatic carboxylic acids is 1. The van der Waals surface area contributed by atoms with Crippen molar-refractivity contribution in [2.24, 2.45) is 0 Å². The number of fused-ring (bicyclic) bond motifs is 1. The van der Waals surface area contributed by atoms with E-state index in [0.717, 1.165) is 16.7 Å². The molecule has 0 saturated carbocycles. The SMILES string of the molecule is Cc1cc(C)c(S(=O)(=O)N[C@@H](Cc2ccc(-c3cccc(NC(=O)Nc4nc5ccc(C(=O)O)cc5[nH]4)c3)cc2)C(=O)O)c(C)c1. The van der Waals surface area contributed by atoms with Gasteiger partial charge in [-0.1, -0.05) is 54.1 Å². The second-order valence-electron chi connectivity index (χ2n) is 10.9. The highest BCUT2D eigenvalue weighted by molar-refractivity contribution is 7.89. The van der Waals surface area contributed by atoms with Crippen LogP contribution in [0, 0.1) is 20.8 Å². The highest BCUT2D eigenvalue weighted by atomic mass is 32.2. The Labute approximate surface area is 264 Å². The van der Waals surface area contributed by atoms with E-state index in [1.807, 2.05) is 13.0 Å². The summed E-state index contributed by atoms with van der Waals surface area (Å²) in [5, 5.41) is 24.3. The summed E-state index contributed by atoms with van der Waals surface area (Å²) in [4.78, 5) is 43.1. The van der Waals surface area contributed by atoms with Crippen LogP contribution in [0.4, 0.5) is 16.4 Å². The molecule has 4 aromatic carbocycles. The fourth-order valence-electron chi connectivity index (χ4n) is 5.33. The lowest BCUT2D eigenvalue weighted by atomic mass is 10.0. The Kier molecular flexibility index (Phi) is 8.89. The molecule has 1 heterocycles. The maximum absolute atomic E-state index is 13.2. The predicted molar refractivity (Wildman–Crippen MR) is 174 cm³/mol. The first-order valence-corrected chi connectivity index (χ1v) is 15.6. The van der Waals surface area contributed by atoms with E-state index < -0.39 is 34.0 Å². The molecule has 0 spiro atoms. The first kappa shape index (κ1) is 31.9.